The van der Waals surface area contributed by atoms with Crippen LogP contribution in [0.3, 0.4) is 0 Å². The Balaban J connectivity index is 1.79. The van der Waals surface area contributed by atoms with Crippen LogP contribution in [0.5, 0.6) is 0 Å². The van der Waals surface area contributed by atoms with Gasteiger partial charge in [0.15, 0.2) is 0 Å². The van der Waals surface area contributed by atoms with Gasteiger partial charge in [-0.05, 0) is 44.7 Å². The van der Waals surface area contributed by atoms with Gasteiger partial charge >= 0.3 is 6.09 Å². The van der Waals surface area contributed by atoms with Gasteiger partial charge in [0.1, 0.15) is 10.8 Å². The van der Waals surface area contributed by atoms with Crippen LogP contribution in [0.15, 0.2) is 18.3 Å². The van der Waals surface area contributed by atoms with Crippen molar-refractivity contribution in [1.29, 1.82) is 0 Å². The number of rotatable bonds is 4. The molecule has 23 heavy (non-hydrogen) atoms. The van der Waals surface area contributed by atoms with Crippen LogP contribution in [0.4, 0.5) is 4.79 Å². The number of carbonyl (C=O) groups excluding carboxylic acids is 1. The average Bonchev–Trinajstić information content (AvgIpc) is 2.88. The molecule has 1 aliphatic rings. The van der Waals surface area contributed by atoms with Gasteiger partial charge in [-0.15, -0.1) is 0 Å². The van der Waals surface area contributed by atoms with E-state index in [9.17, 15) is 9.00 Å². The standard InChI is InChI=1S/C16H23ClN2O3S/c1-16(2,3)22-15(20)19-7-6-13(9-19)11-23(21)10-12-4-5-14(17)18-8-12/h4-5,8,13H,6-7,9-11H2,1-3H3/t13-,23-/m1/s1. The first-order chi connectivity index (χ1) is 10.7. The Hall–Kier alpha value is -1.14. The summed E-state index contributed by atoms with van der Waals surface area (Å²) in [5.41, 5.74) is 0.425. The maximum absolute atomic E-state index is 12.3. The molecule has 1 fully saturated rings. The van der Waals surface area contributed by atoms with Gasteiger partial charge in [-0.2, -0.15) is 0 Å². The summed E-state index contributed by atoms with van der Waals surface area (Å²) < 4.78 is 17.6. The van der Waals surface area contributed by atoms with E-state index < -0.39 is 16.4 Å². The third kappa shape index (κ3) is 6.11. The van der Waals surface area contributed by atoms with Crippen molar-refractivity contribution in [3.63, 3.8) is 0 Å². The second-order valence-corrected chi connectivity index (χ2v) is 8.71. The van der Waals surface area contributed by atoms with Crippen molar-refractivity contribution in [3.05, 3.63) is 29.0 Å². The minimum absolute atomic E-state index is 0.253. The van der Waals surface area contributed by atoms with Gasteiger partial charge in [0.2, 0.25) is 0 Å². The van der Waals surface area contributed by atoms with Gasteiger partial charge in [-0.25, -0.2) is 9.78 Å². The van der Waals surface area contributed by atoms with Crippen molar-refractivity contribution in [2.45, 2.75) is 38.5 Å². The molecule has 2 heterocycles. The maximum atomic E-state index is 12.3. The fraction of sp³-hybridized carbons (Fsp3) is 0.625. The molecule has 0 spiro atoms. The number of ether oxygens (including phenoxy) is 1. The van der Waals surface area contributed by atoms with E-state index in [1.54, 1.807) is 17.2 Å². The third-order valence-electron chi connectivity index (χ3n) is 3.48. The highest BCUT2D eigenvalue weighted by atomic mass is 35.5. The second-order valence-electron chi connectivity index (χ2n) is 6.82. The fourth-order valence-electron chi connectivity index (χ4n) is 2.46. The van der Waals surface area contributed by atoms with Crippen LogP contribution >= 0.6 is 11.6 Å². The molecule has 1 saturated heterocycles. The number of carbonyl (C=O) groups is 1. The Morgan fingerprint density at radius 2 is 2.22 bits per heavy atom. The Bertz CT molecular complexity index is 572. The molecule has 128 valence electrons. The van der Waals surface area contributed by atoms with Crippen molar-refractivity contribution in [2.24, 2.45) is 5.92 Å². The van der Waals surface area contributed by atoms with Crippen LogP contribution in [0.2, 0.25) is 5.15 Å². The summed E-state index contributed by atoms with van der Waals surface area (Å²) >= 11 is 5.74. The highest BCUT2D eigenvalue weighted by Crippen LogP contribution is 2.21. The zero-order chi connectivity index (χ0) is 17.0. The minimum Gasteiger partial charge on any atom is -0.444 e. The lowest BCUT2D eigenvalue weighted by Crippen LogP contribution is -2.35. The fourth-order valence-corrected chi connectivity index (χ4v) is 4.03. The molecule has 0 unspecified atom stereocenters. The van der Waals surface area contributed by atoms with Crippen LogP contribution in [0, 0.1) is 5.92 Å². The molecule has 7 heteroatoms. The molecular weight excluding hydrogens is 336 g/mol. The molecule has 1 aromatic heterocycles. The number of likely N-dealkylation sites (tertiary alicyclic amines) is 1. The largest absolute Gasteiger partial charge is 0.444 e. The number of hydrogen-bond acceptors (Lipinski definition) is 4. The van der Waals surface area contributed by atoms with Crippen molar-refractivity contribution in [3.8, 4) is 0 Å². The lowest BCUT2D eigenvalue weighted by Gasteiger charge is -2.24. The average molecular weight is 359 g/mol. The van der Waals surface area contributed by atoms with Crippen LogP contribution in [-0.2, 0) is 21.3 Å². The van der Waals surface area contributed by atoms with Crippen molar-refractivity contribution in [1.82, 2.24) is 9.88 Å². The van der Waals surface area contributed by atoms with E-state index in [0.717, 1.165) is 12.0 Å². The smallest absolute Gasteiger partial charge is 0.410 e. The lowest BCUT2D eigenvalue weighted by molar-refractivity contribution is 0.0289. The molecule has 1 aliphatic heterocycles. The molecule has 0 aliphatic carbocycles. The van der Waals surface area contributed by atoms with E-state index in [1.807, 2.05) is 26.8 Å². The van der Waals surface area contributed by atoms with Crippen LogP contribution in [0.1, 0.15) is 32.8 Å². The van der Waals surface area contributed by atoms with Gasteiger partial charge in [-0.1, -0.05) is 17.7 Å². The summed E-state index contributed by atoms with van der Waals surface area (Å²) in [5.74, 6) is 1.30. The first-order valence-electron chi connectivity index (χ1n) is 7.66. The summed E-state index contributed by atoms with van der Waals surface area (Å²) in [6.07, 6.45) is 2.24. The zero-order valence-corrected chi connectivity index (χ0v) is 15.3. The van der Waals surface area contributed by atoms with E-state index in [1.165, 1.54) is 0 Å². The minimum atomic E-state index is -0.977. The summed E-state index contributed by atoms with van der Waals surface area (Å²) in [6.45, 7) is 6.84. The molecule has 0 aromatic carbocycles. The summed E-state index contributed by atoms with van der Waals surface area (Å²) in [5, 5.41) is 0.434. The van der Waals surface area contributed by atoms with E-state index >= 15 is 0 Å². The van der Waals surface area contributed by atoms with Crippen LogP contribution in [-0.4, -0.2) is 44.6 Å². The van der Waals surface area contributed by atoms with Gasteiger partial charge in [0.05, 0.1) is 5.75 Å². The van der Waals surface area contributed by atoms with Crippen LogP contribution < -0.4 is 0 Å². The molecule has 0 bridgehead atoms. The molecule has 1 amide bonds. The van der Waals surface area contributed by atoms with Gasteiger partial charge in [0, 0.05) is 35.8 Å². The van der Waals surface area contributed by atoms with Crippen molar-refractivity contribution in [2.75, 3.05) is 18.8 Å². The molecule has 1 aromatic rings. The van der Waals surface area contributed by atoms with Gasteiger partial charge < -0.3 is 9.64 Å². The predicted molar refractivity (Wildman–Crippen MR) is 91.9 cm³/mol. The molecule has 2 atom stereocenters. The Labute approximate surface area is 144 Å². The monoisotopic (exact) mass is 358 g/mol. The Kier molecular flexibility index (Phi) is 6.03. The number of halogens is 1. The quantitative estimate of drug-likeness (QED) is 0.775. The maximum Gasteiger partial charge on any atom is 0.410 e. The van der Waals surface area contributed by atoms with Crippen molar-refractivity contribution < 1.29 is 13.7 Å². The first-order valence-corrected chi connectivity index (χ1v) is 9.53. The van der Waals surface area contributed by atoms with E-state index in [4.69, 9.17) is 16.3 Å². The third-order valence-corrected chi connectivity index (χ3v) is 5.20. The number of nitrogens with zero attached hydrogens (tertiary/aromatic N) is 2. The van der Waals surface area contributed by atoms with Crippen molar-refractivity contribution >= 4 is 28.5 Å². The van der Waals surface area contributed by atoms with Crippen LogP contribution in [0.25, 0.3) is 0 Å². The number of aromatic nitrogens is 1. The zero-order valence-electron chi connectivity index (χ0n) is 13.8. The molecule has 0 saturated carbocycles. The number of hydrogen-bond donors (Lipinski definition) is 0. The number of amides is 1. The van der Waals surface area contributed by atoms with Gasteiger partial charge in [0.25, 0.3) is 0 Å². The first kappa shape index (κ1) is 18.2. The van der Waals surface area contributed by atoms with E-state index in [-0.39, 0.29) is 12.0 Å². The molecule has 5 nitrogen and oxygen atoms in total. The van der Waals surface area contributed by atoms with E-state index in [2.05, 4.69) is 4.98 Å². The number of pyridine rings is 1. The Morgan fingerprint density at radius 1 is 1.48 bits per heavy atom. The Morgan fingerprint density at radius 3 is 2.83 bits per heavy atom. The lowest BCUT2D eigenvalue weighted by atomic mass is 10.2. The molecule has 2 rings (SSSR count). The molecule has 0 N–H and O–H groups in total. The van der Waals surface area contributed by atoms with Gasteiger partial charge in [-0.3, -0.25) is 4.21 Å². The summed E-state index contributed by atoms with van der Waals surface area (Å²) in [6, 6.07) is 3.54. The molecule has 0 radical (unpaired) electrons. The highest BCUT2D eigenvalue weighted by Gasteiger charge is 2.30. The topological polar surface area (TPSA) is 59.5 Å². The normalized spacial score (nSPS) is 19.7. The highest BCUT2D eigenvalue weighted by molar-refractivity contribution is 7.84. The second kappa shape index (κ2) is 7.62. The predicted octanol–water partition coefficient (Wildman–Crippen LogP) is 3.24. The summed E-state index contributed by atoms with van der Waals surface area (Å²) in [7, 11) is -0.977. The molecular formula is C16H23ClN2O3S. The summed E-state index contributed by atoms with van der Waals surface area (Å²) in [4.78, 5) is 17.7. The SMILES string of the molecule is CC(C)(C)OC(=O)N1CC[C@@H](C[S@](=O)Cc2ccc(Cl)nc2)C1. The van der Waals surface area contributed by atoms with E-state index in [0.29, 0.717) is 29.7 Å².